The molecule has 29 heavy (non-hydrogen) atoms. The molecular formula is C23H28O6. The molecule has 3 saturated carbocycles. The Kier molecular flexibility index (Phi) is 3.60. The molecule has 6 rings (SSSR count). The molecule has 2 unspecified atom stereocenters. The van der Waals surface area contributed by atoms with Crippen LogP contribution in [0.25, 0.3) is 0 Å². The molecule has 0 N–H and O–H groups in total. The molecule has 2 saturated heterocycles. The van der Waals surface area contributed by atoms with Crippen molar-refractivity contribution in [2.45, 2.75) is 57.3 Å². The first-order chi connectivity index (χ1) is 13.9. The summed E-state index contributed by atoms with van der Waals surface area (Å²) in [5.74, 6) is -0.00208. The lowest BCUT2D eigenvalue weighted by Gasteiger charge is -2.58. The quantitative estimate of drug-likeness (QED) is 0.623. The molecule has 0 bridgehead atoms. The van der Waals surface area contributed by atoms with E-state index in [9.17, 15) is 9.59 Å². The van der Waals surface area contributed by atoms with Crippen LogP contribution >= 0.6 is 0 Å². The van der Waals surface area contributed by atoms with E-state index in [0.29, 0.717) is 18.9 Å². The Morgan fingerprint density at radius 3 is 2.69 bits per heavy atom. The fraction of sp³-hybridized carbons (Fsp3) is 0.739. The average Bonchev–Trinajstić information content (AvgIpc) is 3.37. The van der Waals surface area contributed by atoms with E-state index < -0.39 is 11.4 Å². The van der Waals surface area contributed by atoms with E-state index in [1.807, 2.05) is 6.08 Å². The van der Waals surface area contributed by atoms with Gasteiger partial charge in [0.25, 0.3) is 0 Å². The Labute approximate surface area is 170 Å². The number of ketones is 2. The van der Waals surface area contributed by atoms with Gasteiger partial charge < -0.3 is 18.9 Å². The standard InChI is InChI=1S/C23H28O6/c1-20-7-5-15(24)9-14(20)3-4-16-17-6-8-22(21(17,2)10-18(25)19(16)20)23(29-13-27-22)11-26-12-28-23/h5,7,9,16-17,19H,3-4,6,8,10-13H2,1-2H3/t16-,17-,19+,20-,21-,22?,23?/m0/s1. The van der Waals surface area contributed by atoms with E-state index in [0.717, 1.165) is 31.3 Å². The highest BCUT2D eigenvalue weighted by Crippen LogP contribution is 2.70. The normalized spacial score (nSPS) is 53.3. The molecule has 6 heteroatoms. The van der Waals surface area contributed by atoms with Crippen LogP contribution in [-0.2, 0) is 28.5 Å². The van der Waals surface area contributed by atoms with E-state index >= 15 is 0 Å². The van der Waals surface area contributed by atoms with Crippen LogP contribution in [0.3, 0.4) is 0 Å². The lowest BCUT2D eigenvalue weighted by Crippen LogP contribution is -2.65. The second kappa shape index (κ2) is 5.67. The van der Waals surface area contributed by atoms with Crippen molar-refractivity contribution in [2.75, 3.05) is 20.2 Å². The molecule has 0 aromatic heterocycles. The Bertz CT molecular complexity index is 848. The number of ether oxygens (including phenoxy) is 4. The van der Waals surface area contributed by atoms with Gasteiger partial charge in [-0.2, -0.15) is 0 Å². The van der Waals surface area contributed by atoms with Gasteiger partial charge in [-0.1, -0.05) is 25.5 Å². The van der Waals surface area contributed by atoms with Gasteiger partial charge in [-0.25, -0.2) is 0 Å². The summed E-state index contributed by atoms with van der Waals surface area (Å²) in [5.41, 5.74) is -0.207. The van der Waals surface area contributed by atoms with Crippen molar-refractivity contribution in [2.24, 2.45) is 28.6 Å². The van der Waals surface area contributed by atoms with Crippen LogP contribution in [0.5, 0.6) is 0 Å². The zero-order valence-electron chi connectivity index (χ0n) is 17.1. The van der Waals surface area contributed by atoms with Crippen LogP contribution < -0.4 is 0 Å². The topological polar surface area (TPSA) is 71.1 Å². The third kappa shape index (κ3) is 2.02. The van der Waals surface area contributed by atoms with E-state index in [4.69, 9.17) is 18.9 Å². The molecule has 0 aromatic carbocycles. The fourth-order valence-electron chi connectivity index (χ4n) is 8.00. The molecule has 0 aromatic rings. The highest BCUT2D eigenvalue weighted by atomic mass is 16.9. The van der Waals surface area contributed by atoms with Gasteiger partial charge in [0.05, 0.1) is 0 Å². The number of Topliss-reactive ketones (excluding diaryl/α,β-unsaturated/α-hetero) is 1. The van der Waals surface area contributed by atoms with Gasteiger partial charge in [0.1, 0.15) is 18.0 Å². The number of fused-ring (bicyclic) bond motifs is 7. The molecule has 2 spiro atoms. The van der Waals surface area contributed by atoms with E-state index in [1.165, 1.54) is 0 Å². The summed E-state index contributed by atoms with van der Waals surface area (Å²) < 4.78 is 23.9. The van der Waals surface area contributed by atoms with Gasteiger partial charge in [0.2, 0.25) is 5.79 Å². The molecule has 0 radical (unpaired) electrons. The minimum absolute atomic E-state index is 0.0423. The second-order valence-electron chi connectivity index (χ2n) is 10.2. The minimum Gasteiger partial charge on any atom is -0.350 e. The van der Waals surface area contributed by atoms with Crippen LogP contribution in [0.1, 0.15) is 46.0 Å². The monoisotopic (exact) mass is 400 g/mol. The minimum atomic E-state index is -0.898. The first-order valence-electron chi connectivity index (χ1n) is 10.8. The van der Waals surface area contributed by atoms with Crippen molar-refractivity contribution in [1.82, 2.24) is 0 Å². The van der Waals surface area contributed by atoms with Gasteiger partial charge in [0.15, 0.2) is 19.4 Å². The van der Waals surface area contributed by atoms with E-state index in [1.54, 1.807) is 12.2 Å². The highest BCUT2D eigenvalue weighted by Gasteiger charge is 2.76. The molecule has 0 amide bonds. The molecule has 2 aliphatic heterocycles. The Morgan fingerprint density at radius 2 is 1.90 bits per heavy atom. The van der Waals surface area contributed by atoms with E-state index in [2.05, 4.69) is 13.8 Å². The second-order valence-corrected chi connectivity index (χ2v) is 10.2. The summed E-state index contributed by atoms with van der Waals surface area (Å²) in [6, 6.07) is 0. The van der Waals surface area contributed by atoms with Crippen LogP contribution in [0, 0.1) is 28.6 Å². The first kappa shape index (κ1) is 18.4. The maximum Gasteiger partial charge on any atom is 0.226 e. The smallest absolute Gasteiger partial charge is 0.226 e. The molecule has 156 valence electrons. The number of hydrogen-bond acceptors (Lipinski definition) is 6. The van der Waals surface area contributed by atoms with Gasteiger partial charge in [0, 0.05) is 23.2 Å². The molecule has 5 fully saturated rings. The lowest BCUT2D eigenvalue weighted by molar-refractivity contribution is -0.245. The number of carbonyl (C=O) groups excluding carboxylic acids is 2. The van der Waals surface area contributed by atoms with E-state index in [-0.39, 0.29) is 47.8 Å². The summed E-state index contributed by atoms with van der Waals surface area (Å²) >= 11 is 0. The third-order valence-corrected chi connectivity index (χ3v) is 9.26. The molecule has 7 atom stereocenters. The highest BCUT2D eigenvalue weighted by molar-refractivity contribution is 6.01. The van der Waals surface area contributed by atoms with Crippen LogP contribution in [-0.4, -0.2) is 43.1 Å². The summed E-state index contributed by atoms with van der Waals surface area (Å²) in [7, 11) is 0. The number of allylic oxidation sites excluding steroid dienone is 4. The van der Waals surface area contributed by atoms with Crippen molar-refractivity contribution >= 4 is 11.6 Å². The van der Waals surface area contributed by atoms with Gasteiger partial charge in [-0.15, -0.1) is 0 Å². The van der Waals surface area contributed by atoms with Crippen LogP contribution in [0.4, 0.5) is 0 Å². The zero-order chi connectivity index (χ0) is 20.1. The first-order valence-corrected chi connectivity index (χ1v) is 10.8. The molecule has 6 nitrogen and oxygen atoms in total. The van der Waals surface area contributed by atoms with Crippen molar-refractivity contribution in [3.8, 4) is 0 Å². The predicted molar refractivity (Wildman–Crippen MR) is 101 cm³/mol. The summed E-state index contributed by atoms with van der Waals surface area (Å²) in [5, 5.41) is 0. The Hall–Kier alpha value is -1.34. The van der Waals surface area contributed by atoms with Gasteiger partial charge in [-0.05, 0) is 49.7 Å². The molecule has 4 aliphatic carbocycles. The van der Waals surface area contributed by atoms with Crippen molar-refractivity contribution in [3.63, 3.8) is 0 Å². The predicted octanol–water partition coefficient (Wildman–Crippen LogP) is 2.92. The maximum atomic E-state index is 13.7. The van der Waals surface area contributed by atoms with Gasteiger partial charge in [-0.3, -0.25) is 9.59 Å². The fourth-order valence-corrected chi connectivity index (χ4v) is 8.00. The summed E-state index contributed by atoms with van der Waals surface area (Å²) in [6.07, 6.45) is 9.51. The van der Waals surface area contributed by atoms with Crippen LogP contribution in [0.2, 0.25) is 0 Å². The number of hydrogen-bond donors (Lipinski definition) is 0. The third-order valence-electron chi connectivity index (χ3n) is 9.26. The summed E-state index contributed by atoms with van der Waals surface area (Å²) in [4.78, 5) is 25.7. The summed E-state index contributed by atoms with van der Waals surface area (Å²) in [6.45, 7) is 5.10. The zero-order valence-corrected chi connectivity index (χ0v) is 17.1. The molecular weight excluding hydrogens is 372 g/mol. The van der Waals surface area contributed by atoms with Gasteiger partial charge >= 0.3 is 0 Å². The SMILES string of the molecule is C[C@]12C=CC(=O)C=C1CC[C@@H]1[C@@H]2C(=O)C[C@@]2(C)[C@H]1CCC21OCOC12COCO2. The van der Waals surface area contributed by atoms with Crippen molar-refractivity contribution < 1.29 is 28.5 Å². The lowest BCUT2D eigenvalue weighted by atomic mass is 9.46. The van der Waals surface area contributed by atoms with Crippen molar-refractivity contribution in [3.05, 3.63) is 23.8 Å². The number of rotatable bonds is 0. The van der Waals surface area contributed by atoms with Crippen molar-refractivity contribution in [1.29, 1.82) is 0 Å². The Morgan fingerprint density at radius 1 is 1.07 bits per heavy atom. The van der Waals surface area contributed by atoms with Crippen LogP contribution in [0.15, 0.2) is 23.8 Å². The molecule has 2 heterocycles. The number of carbonyl (C=O) groups is 2. The largest absolute Gasteiger partial charge is 0.350 e. The average molecular weight is 400 g/mol. The molecule has 6 aliphatic rings. The maximum absolute atomic E-state index is 13.7. The Balaban J connectivity index is 1.42.